The van der Waals surface area contributed by atoms with Crippen LogP contribution in [0, 0.1) is 11.8 Å². The number of carbonyl (C=O) groups is 17. The number of hydrogen-bond acceptors (Lipinski definition) is 18. The minimum absolute atomic E-state index is 0.0479. The lowest BCUT2D eigenvalue weighted by molar-refractivity contribution is -0.140. The van der Waals surface area contributed by atoms with Gasteiger partial charge in [-0.25, -0.2) is 0 Å². The normalized spacial score (nSPS) is 14.1. The van der Waals surface area contributed by atoms with Crippen LogP contribution in [0.3, 0.4) is 0 Å². The van der Waals surface area contributed by atoms with Crippen LogP contribution in [0.4, 0.5) is 0 Å². The van der Waals surface area contributed by atoms with Gasteiger partial charge < -0.3 is 96.3 Å². The average molecular weight is 1460 g/mol. The summed E-state index contributed by atoms with van der Waals surface area (Å²) in [5, 5.41) is 47.8. The molecule has 20 N–H and O–H groups in total. The van der Waals surface area contributed by atoms with Gasteiger partial charge in [-0.15, -0.1) is 0 Å². The Morgan fingerprint density at radius 1 is 0.398 bits per heavy atom. The molecule has 0 unspecified atom stereocenters. The second kappa shape index (κ2) is 38.4. The minimum atomic E-state index is -1.88. The molecule has 0 heterocycles. The van der Waals surface area contributed by atoms with Crippen molar-refractivity contribution in [3.05, 3.63) is 35.9 Å². The molecule has 578 valence electrons. The van der Waals surface area contributed by atoms with Crippen LogP contribution in [0.2, 0.25) is 0 Å². The van der Waals surface area contributed by atoms with Crippen LogP contribution < -0.4 is 91.2 Å². The molecule has 0 saturated heterocycles. The Morgan fingerprint density at radius 3 is 1.21 bits per heavy atom. The molecule has 0 aliphatic rings. The number of aliphatic hydroxyl groups excluding tert-OH is 1. The van der Waals surface area contributed by atoms with E-state index in [4.69, 9.17) is 11.5 Å². The monoisotopic (exact) mass is 1460 g/mol. The average Bonchev–Trinajstić information content (AvgIpc) is 0.820. The number of aliphatic hydroxyl groups is 1. The maximum atomic E-state index is 14.1. The number of benzene rings is 1. The summed E-state index contributed by atoms with van der Waals surface area (Å²) in [6.45, 7) is 28.0. The van der Waals surface area contributed by atoms with Gasteiger partial charge in [0.1, 0.15) is 75.0 Å². The van der Waals surface area contributed by atoms with E-state index in [1.807, 2.05) is 0 Å². The van der Waals surface area contributed by atoms with E-state index in [9.17, 15) is 86.6 Å². The number of hydrogen-bond donors (Lipinski definition) is 18. The molecule has 0 fully saturated rings. The van der Waals surface area contributed by atoms with Crippen LogP contribution in [0.15, 0.2) is 30.3 Å². The van der Waals surface area contributed by atoms with Crippen molar-refractivity contribution < 1.29 is 86.6 Å². The molecule has 0 spiro atoms. The second-order valence-electron chi connectivity index (χ2n) is 30.1. The topological polar surface area (TPSA) is 543 Å². The lowest BCUT2D eigenvalue weighted by Gasteiger charge is -2.35. The van der Waals surface area contributed by atoms with Crippen LogP contribution in [-0.4, -0.2) is 200 Å². The third-order valence-corrected chi connectivity index (χ3v) is 16.0. The molecular formula is C68H113N17O18. The van der Waals surface area contributed by atoms with Crippen molar-refractivity contribution in [2.24, 2.45) is 23.3 Å². The summed E-state index contributed by atoms with van der Waals surface area (Å²) in [7, 11) is 0. The lowest BCUT2D eigenvalue weighted by atomic mass is 9.95. The van der Waals surface area contributed by atoms with E-state index in [1.54, 1.807) is 58.0 Å². The van der Waals surface area contributed by atoms with Crippen molar-refractivity contribution in [2.75, 3.05) is 13.2 Å². The highest BCUT2D eigenvalue weighted by Gasteiger charge is 2.44. The molecule has 7 atom stereocenters. The number of amides is 17. The van der Waals surface area contributed by atoms with E-state index in [2.05, 4.69) is 79.8 Å². The first-order chi connectivity index (χ1) is 46.9. The van der Waals surface area contributed by atoms with Gasteiger partial charge in [-0.05, 0) is 154 Å². The molecule has 0 aliphatic heterocycles. The fraction of sp³-hybridized carbons (Fsp3) is 0.662. The summed E-state index contributed by atoms with van der Waals surface area (Å²) < 4.78 is 0. The largest absolute Gasteiger partial charge is 0.394 e. The summed E-state index contributed by atoms with van der Waals surface area (Å²) in [5.41, 5.74) is -0.595. The molecule has 0 radical (unpaired) electrons. The zero-order valence-electron chi connectivity index (χ0n) is 63.3. The van der Waals surface area contributed by atoms with Gasteiger partial charge in [0.25, 0.3) is 0 Å². The van der Waals surface area contributed by atoms with Gasteiger partial charge in [-0.3, -0.25) is 81.5 Å². The fourth-order valence-corrected chi connectivity index (χ4v) is 9.50. The first kappa shape index (κ1) is 91.2. The maximum absolute atomic E-state index is 14.1. The summed E-state index contributed by atoms with van der Waals surface area (Å²) in [5.74, 6) is -15.0. The standard InChI is InChI=1S/C68H113N17O18/c1-35(2)31-44(75-49(91)37(5)72-47(90)33-71-55(97)62(8,9)79-39(7)87)53(95)82-64(12,13)57(99)77-43(28-30-46(70)89)52(94)81-65(14,15)59(101)78-48(36(3)4)54(96)83-63(10,11)56(98)73-38(6)50(92)80-67(18,19)60(102)85-68(20,21)61(103)84-66(16,17)58(100)76-42(27-29-45(69)88)51(93)74-41(34-86)32-40-25-23-22-24-26-40/h22-26,35-38,41-44,48,86H,27-34H2,1-21H3,(H2,69,88)(H2,70,89)(H,71,97)(H,72,90)(H,73,98)(H,74,93)(H,75,91)(H,76,100)(H,77,99)(H,78,101)(H,79,87)(H,80,92)(H,81,94)(H,82,95)(H,83,96)(H,84,103)(H,85,102)/t37-,38-,41-,42-,43-,44-,48-/m0/s1. The van der Waals surface area contributed by atoms with E-state index in [0.717, 1.165) is 5.56 Å². The molecule has 35 heteroatoms. The highest BCUT2D eigenvalue weighted by atomic mass is 16.3. The van der Waals surface area contributed by atoms with E-state index in [1.165, 1.54) is 118 Å². The Morgan fingerprint density at radius 2 is 0.777 bits per heavy atom. The molecule has 1 aromatic rings. The molecule has 1 aromatic carbocycles. The number of nitrogens with two attached hydrogens (primary N) is 2. The molecule has 103 heavy (non-hydrogen) atoms. The van der Waals surface area contributed by atoms with Gasteiger partial charge in [0.05, 0.1) is 19.2 Å². The van der Waals surface area contributed by atoms with Gasteiger partial charge >= 0.3 is 0 Å². The SMILES string of the molecule is CC(=O)NC(C)(C)C(=O)NCC(=O)N[C@@H](C)C(=O)N[C@@H](CC(C)C)C(=O)NC(C)(C)C(=O)N[C@@H](CCC(N)=O)C(=O)NC(C)(C)C(=O)N[C@H](C(=O)NC(C)(C)C(=O)N[C@@H](C)C(=O)NC(C)(C)C(=O)NC(C)(C)C(=O)NC(C)(C)C(=O)N[C@@H](CCC(N)=O)C(=O)N[C@H](CO)Cc1ccccc1)C(C)C. The summed E-state index contributed by atoms with van der Waals surface area (Å²) in [6, 6.07) is 0.0337. The van der Waals surface area contributed by atoms with E-state index < -0.39 is 213 Å². The van der Waals surface area contributed by atoms with Gasteiger partial charge in [0.2, 0.25) is 100 Å². The Kier molecular flexibility index (Phi) is 34.0. The van der Waals surface area contributed by atoms with Crippen LogP contribution in [0.25, 0.3) is 0 Å². The van der Waals surface area contributed by atoms with Gasteiger partial charge in [0.15, 0.2) is 0 Å². The molecule has 35 nitrogen and oxygen atoms in total. The molecule has 0 aliphatic carbocycles. The van der Waals surface area contributed by atoms with Crippen LogP contribution in [-0.2, 0) is 87.9 Å². The van der Waals surface area contributed by atoms with Gasteiger partial charge in [0, 0.05) is 19.8 Å². The number of nitrogens with one attached hydrogen (secondary N) is 15. The Bertz CT molecular complexity index is 3290. The van der Waals surface area contributed by atoms with Crippen LogP contribution in [0.1, 0.15) is 183 Å². The lowest BCUT2D eigenvalue weighted by Crippen LogP contribution is -2.67. The zero-order chi connectivity index (χ0) is 79.9. The number of carbonyl (C=O) groups excluding carboxylic acids is 17. The molecule has 0 bridgehead atoms. The summed E-state index contributed by atoms with van der Waals surface area (Å²) in [4.78, 5) is 226. The summed E-state index contributed by atoms with van der Waals surface area (Å²) >= 11 is 0. The minimum Gasteiger partial charge on any atom is -0.394 e. The molecule has 17 amide bonds. The third-order valence-electron chi connectivity index (χ3n) is 16.0. The number of primary amides is 2. The smallest absolute Gasteiger partial charge is 0.246 e. The van der Waals surface area contributed by atoms with Gasteiger partial charge in [-0.2, -0.15) is 0 Å². The highest BCUT2D eigenvalue weighted by molar-refractivity contribution is 6.03. The zero-order valence-corrected chi connectivity index (χ0v) is 63.3. The van der Waals surface area contributed by atoms with Crippen molar-refractivity contribution in [1.29, 1.82) is 0 Å². The van der Waals surface area contributed by atoms with E-state index in [-0.39, 0.29) is 31.6 Å². The Labute approximate surface area is 602 Å². The van der Waals surface area contributed by atoms with Crippen molar-refractivity contribution in [3.63, 3.8) is 0 Å². The van der Waals surface area contributed by atoms with Crippen LogP contribution in [0.5, 0.6) is 0 Å². The fourth-order valence-electron chi connectivity index (χ4n) is 9.50. The van der Waals surface area contributed by atoms with E-state index in [0.29, 0.717) is 0 Å². The second-order valence-corrected chi connectivity index (χ2v) is 30.1. The van der Waals surface area contributed by atoms with E-state index >= 15 is 0 Å². The molecule has 1 rings (SSSR count). The summed E-state index contributed by atoms with van der Waals surface area (Å²) in [6.07, 6.45) is -1.07. The van der Waals surface area contributed by atoms with Crippen molar-refractivity contribution in [2.45, 2.75) is 265 Å². The maximum Gasteiger partial charge on any atom is 0.246 e. The van der Waals surface area contributed by atoms with Crippen molar-refractivity contribution in [1.82, 2.24) is 79.8 Å². The van der Waals surface area contributed by atoms with Crippen molar-refractivity contribution >= 4 is 100 Å². The first-order valence-corrected chi connectivity index (χ1v) is 33.8. The Balaban J connectivity index is 3.13. The van der Waals surface area contributed by atoms with Gasteiger partial charge in [-0.1, -0.05) is 58.0 Å². The van der Waals surface area contributed by atoms with Crippen molar-refractivity contribution in [3.8, 4) is 0 Å². The van der Waals surface area contributed by atoms with Crippen LogP contribution >= 0.6 is 0 Å². The predicted octanol–water partition coefficient (Wildman–Crippen LogP) is -3.71. The quantitative estimate of drug-likeness (QED) is 0.0300. The molecule has 0 saturated carbocycles. The highest BCUT2D eigenvalue weighted by Crippen LogP contribution is 2.17. The number of rotatable bonds is 41. The molecular weight excluding hydrogens is 1340 g/mol. The predicted molar refractivity (Wildman–Crippen MR) is 377 cm³/mol. The first-order valence-electron chi connectivity index (χ1n) is 33.8. The molecule has 0 aromatic heterocycles. The third kappa shape index (κ3) is 30.7. The Hall–Kier alpha value is -9.83.